The average Bonchev–Trinajstić information content (AvgIpc) is 2.62. The largest absolute Gasteiger partial charge is 0.333 e. The molecular formula is C18H24N3O3S+. The molecule has 0 aliphatic carbocycles. The number of nitrogens with one attached hydrogen (secondary N) is 2. The molecule has 0 aromatic heterocycles. The van der Waals surface area contributed by atoms with Gasteiger partial charge in [0.15, 0.2) is 6.54 Å². The molecule has 0 spiro atoms. The van der Waals surface area contributed by atoms with Gasteiger partial charge in [0.25, 0.3) is 5.91 Å². The van der Waals surface area contributed by atoms with Gasteiger partial charge in [-0.05, 0) is 38.6 Å². The van der Waals surface area contributed by atoms with Gasteiger partial charge < -0.3 is 10.6 Å². The molecule has 0 fully saturated rings. The Bertz CT molecular complexity index is 836. The Labute approximate surface area is 148 Å². The van der Waals surface area contributed by atoms with Crippen LogP contribution in [0.25, 0.3) is 0 Å². The fourth-order valence-electron chi connectivity index (χ4n) is 2.47. The van der Waals surface area contributed by atoms with Crippen molar-refractivity contribution in [3.63, 3.8) is 0 Å². The van der Waals surface area contributed by atoms with Crippen molar-refractivity contribution in [3.05, 3.63) is 59.7 Å². The van der Waals surface area contributed by atoms with Crippen molar-refractivity contribution in [2.24, 2.45) is 0 Å². The normalized spacial score (nSPS) is 12.6. The van der Waals surface area contributed by atoms with Crippen LogP contribution in [0.3, 0.4) is 0 Å². The van der Waals surface area contributed by atoms with E-state index < -0.39 is 10.0 Å². The van der Waals surface area contributed by atoms with Gasteiger partial charge in [-0.25, -0.2) is 13.1 Å². The van der Waals surface area contributed by atoms with E-state index in [0.717, 1.165) is 5.56 Å². The Morgan fingerprint density at radius 3 is 2.48 bits per heavy atom. The number of anilines is 1. The SMILES string of the molecule is CNS(=O)(=O)c1cc(NC(=O)C[NH2+][C@@H](C)c2ccccc2)ccc1C. The maximum absolute atomic E-state index is 12.2. The molecule has 0 saturated heterocycles. The van der Waals surface area contributed by atoms with Gasteiger partial charge >= 0.3 is 0 Å². The number of aryl methyl sites for hydroxylation is 1. The summed E-state index contributed by atoms with van der Waals surface area (Å²) in [6, 6.07) is 14.9. The van der Waals surface area contributed by atoms with Gasteiger partial charge in [-0.3, -0.25) is 4.79 Å². The number of nitrogens with two attached hydrogens (primary N) is 1. The minimum atomic E-state index is -3.56. The molecule has 0 radical (unpaired) electrons. The summed E-state index contributed by atoms with van der Waals surface area (Å²) in [5.74, 6) is -0.181. The first-order valence-corrected chi connectivity index (χ1v) is 9.54. The molecule has 134 valence electrons. The van der Waals surface area contributed by atoms with Crippen molar-refractivity contribution in [3.8, 4) is 0 Å². The van der Waals surface area contributed by atoms with Crippen molar-refractivity contribution in [2.75, 3.05) is 18.9 Å². The number of sulfonamides is 1. The maximum Gasteiger partial charge on any atom is 0.279 e. The van der Waals surface area contributed by atoms with Crippen LogP contribution in [0.5, 0.6) is 0 Å². The molecule has 0 unspecified atom stereocenters. The zero-order valence-corrected chi connectivity index (χ0v) is 15.4. The number of rotatable bonds is 7. The van der Waals surface area contributed by atoms with Gasteiger partial charge in [-0.2, -0.15) is 0 Å². The van der Waals surface area contributed by atoms with E-state index in [1.807, 2.05) is 42.6 Å². The van der Waals surface area contributed by atoms with Crippen LogP contribution in [-0.2, 0) is 14.8 Å². The van der Waals surface area contributed by atoms with E-state index in [4.69, 9.17) is 0 Å². The lowest BCUT2D eigenvalue weighted by Gasteiger charge is -2.12. The molecule has 0 heterocycles. The van der Waals surface area contributed by atoms with E-state index in [9.17, 15) is 13.2 Å². The Hall–Kier alpha value is -2.22. The third kappa shape index (κ3) is 5.12. The topological polar surface area (TPSA) is 91.9 Å². The summed E-state index contributed by atoms with van der Waals surface area (Å²) >= 11 is 0. The minimum absolute atomic E-state index is 0.158. The Morgan fingerprint density at radius 1 is 1.16 bits per heavy atom. The molecular weight excluding hydrogens is 338 g/mol. The van der Waals surface area contributed by atoms with Crippen LogP contribution in [0.2, 0.25) is 0 Å². The average molecular weight is 362 g/mol. The molecule has 1 amide bonds. The molecule has 4 N–H and O–H groups in total. The number of benzene rings is 2. The summed E-state index contributed by atoms with van der Waals surface area (Å²) in [6.45, 7) is 4.00. The molecule has 2 rings (SSSR count). The second-order valence-corrected chi connectivity index (χ2v) is 7.73. The first kappa shape index (κ1) is 19.1. The van der Waals surface area contributed by atoms with Crippen LogP contribution in [0, 0.1) is 6.92 Å². The third-order valence-corrected chi connectivity index (χ3v) is 5.57. The fourth-order valence-corrected chi connectivity index (χ4v) is 3.46. The molecule has 7 heteroatoms. The Kier molecular flexibility index (Phi) is 6.30. The number of hydrogen-bond donors (Lipinski definition) is 3. The maximum atomic E-state index is 12.2. The zero-order chi connectivity index (χ0) is 18.4. The predicted octanol–water partition coefficient (Wildman–Crippen LogP) is 1.17. The van der Waals surface area contributed by atoms with Crippen molar-refractivity contribution in [2.45, 2.75) is 24.8 Å². The monoisotopic (exact) mass is 362 g/mol. The molecule has 1 atom stereocenters. The highest BCUT2D eigenvalue weighted by molar-refractivity contribution is 7.89. The van der Waals surface area contributed by atoms with Crippen LogP contribution in [0.4, 0.5) is 5.69 Å². The number of hydrogen-bond acceptors (Lipinski definition) is 3. The first-order chi connectivity index (χ1) is 11.8. The molecule has 2 aromatic carbocycles. The molecule has 2 aromatic rings. The summed E-state index contributed by atoms with van der Waals surface area (Å²) in [4.78, 5) is 12.3. The van der Waals surface area contributed by atoms with Crippen LogP contribution in [-0.4, -0.2) is 27.9 Å². The quantitative estimate of drug-likeness (QED) is 0.690. The second-order valence-electron chi connectivity index (χ2n) is 5.88. The van der Waals surface area contributed by atoms with E-state index >= 15 is 0 Å². The highest BCUT2D eigenvalue weighted by Crippen LogP contribution is 2.19. The van der Waals surface area contributed by atoms with Crippen LogP contribution in [0.15, 0.2) is 53.4 Å². The molecule has 25 heavy (non-hydrogen) atoms. The predicted molar refractivity (Wildman–Crippen MR) is 97.7 cm³/mol. The van der Waals surface area contributed by atoms with Crippen LogP contribution in [0.1, 0.15) is 24.1 Å². The number of amides is 1. The molecule has 6 nitrogen and oxygen atoms in total. The molecule has 0 saturated carbocycles. The van der Waals surface area contributed by atoms with Gasteiger partial charge in [0, 0.05) is 11.3 Å². The lowest BCUT2D eigenvalue weighted by atomic mass is 10.1. The number of carbonyl (C=O) groups is 1. The van der Waals surface area contributed by atoms with Gasteiger partial charge in [-0.15, -0.1) is 0 Å². The summed E-state index contributed by atoms with van der Waals surface area (Å²) < 4.78 is 26.3. The second kappa shape index (κ2) is 8.24. The zero-order valence-electron chi connectivity index (χ0n) is 14.6. The standard InChI is InChI=1S/C18H23N3O3S/c1-13-9-10-16(11-17(13)25(23,24)19-3)21-18(22)12-20-14(2)15-7-5-4-6-8-15/h4-11,14,19-20H,12H2,1-3H3,(H,21,22)/p+1/t14-/m0/s1. The summed E-state index contributed by atoms with van der Waals surface area (Å²) in [7, 11) is -2.20. The van der Waals surface area contributed by atoms with E-state index in [0.29, 0.717) is 11.3 Å². The van der Waals surface area contributed by atoms with Crippen LogP contribution < -0.4 is 15.4 Å². The number of carbonyl (C=O) groups excluding carboxylic acids is 1. The van der Waals surface area contributed by atoms with Crippen LogP contribution >= 0.6 is 0 Å². The molecule has 0 bridgehead atoms. The third-order valence-electron chi connectivity index (χ3n) is 4.01. The van der Waals surface area contributed by atoms with E-state index in [2.05, 4.69) is 10.0 Å². The van der Waals surface area contributed by atoms with Crippen molar-refractivity contribution in [1.29, 1.82) is 0 Å². The lowest BCUT2D eigenvalue weighted by Crippen LogP contribution is -2.86. The van der Waals surface area contributed by atoms with Gasteiger partial charge in [0.05, 0.1) is 4.90 Å². The highest BCUT2D eigenvalue weighted by atomic mass is 32.2. The van der Waals surface area contributed by atoms with Crippen molar-refractivity contribution in [1.82, 2.24) is 4.72 Å². The summed E-state index contributed by atoms with van der Waals surface area (Å²) in [5.41, 5.74) is 2.23. The summed E-state index contributed by atoms with van der Waals surface area (Å²) in [5, 5.41) is 4.68. The minimum Gasteiger partial charge on any atom is -0.333 e. The van der Waals surface area contributed by atoms with Crippen molar-refractivity contribution >= 4 is 21.6 Å². The number of quaternary nitrogens is 1. The van der Waals surface area contributed by atoms with Gasteiger partial charge in [0.2, 0.25) is 10.0 Å². The van der Waals surface area contributed by atoms with E-state index in [-0.39, 0.29) is 23.4 Å². The van der Waals surface area contributed by atoms with E-state index in [1.165, 1.54) is 13.1 Å². The smallest absolute Gasteiger partial charge is 0.279 e. The van der Waals surface area contributed by atoms with Gasteiger partial charge in [-0.1, -0.05) is 36.4 Å². The molecule has 0 aliphatic rings. The van der Waals surface area contributed by atoms with Crippen molar-refractivity contribution < 1.29 is 18.5 Å². The fraction of sp³-hybridized carbons (Fsp3) is 0.278. The van der Waals surface area contributed by atoms with E-state index in [1.54, 1.807) is 19.1 Å². The first-order valence-electron chi connectivity index (χ1n) is 8.06. The Balaban J connectivity index is 2.00. The summed E-state index contributed by atoms with van der Waals surface area (Å²) in [6.07, 6.45) is 0. The highest BCUT2D eigenvalue weighted by Gasteiger charge is 2.16. The molecule has 0 aliphatic heterocycles. The van der Waals surface area contributed by atoms with Gasteiger partial charge in [0.1, 0.15) is 6.04 Å². The lowest BCUT2D eigenvalue weighted by molar-refractivity contribution is -0.682. The Morgan fingerprint density at radius 2 is 1.84 bits per heavy atom.